The zero-order valence-corrected chi connectivity index (χ0v) is 11.4. The van der Waals surface area contributed by atoms with E-state index in [4.69, 9.17) is 4.74 Å². The minimum Gasteiger partial charge on any atom is -0.505 e. The van der Waals surface area contributed by atoms with Crippen LogP contribution < -0.4 is 4.74 Å². The summed E-state index contributed by atoms with van der Waals surface area (Å²) in [7, 11) is 1.66. The van der Waals surface area contributed by atoms with Crippen molar-refractivity contribution in [3.05, 3.63) is 54.2 Å². The molecule has 3 nitrogen and oxygen atoms in total. The fourth-order valence-corrected chi connectivity index (χ4v) is 2.45. The van der Waals surface area contributed by atoms with Gasteiger partial charge in [-0.3, -0.25) is 4.98 Å². The van der Waals surface area contributed by atoms with Crippen LogP contribution in [0.5, 0.6) is 11.5 Å². The van der Waals surface area contributed by atoms with E-state index >= 15 is 0 Å². The molecule has 2 aromatic carbocycles. The van der Waals surface area contributed by atoms with Gasteiger partial charge in [-0.25, -0.2) is 0 Å². The molecule has 3 heteroatoms. The molecule has 3 aromatic rings. The Balaban J connectivity index is 2.40. The van der Waals surface area contributed by atoms with Crippen molar-refractivity contribution in [1.82, 2.24) is 4.98 Å². The molecule has 0 spiro atoms. The number of phenols is 1. The van der Waals surface area contributed by atoms with Crippen LogP contribution >= 0.6 is 0 Å². The maximum absolute atomic E-state index is 10.2. The van der Waals surface area contributed by atoms with Crippen molar-refractivity contribution in [3.8, 4) is 22.6 Å². The second-order valence-corrected chi connectivity index (χ2v) is 4.69. The van der Waals surface area contributed by atoms with Crippen LogP contribution in [0.3, 0.4) is 0 Å². The Hall–Kier alpha value is -2.55. The highest BCUT2D eigenvalue weighted by atomic mass is 16.5. The van der Waals surface area contributed by atoms with Crippen molar-refractivity contribution in [2.75, 3.05) is 7.11 Å². The molecule has 0 radical (unpaired) electrons. The summed E-state index contributed by atoms with van der Waals surface area (Å²) in [5.74, 6) is 1.04. The van der Waals surface area contributed by atoms with Crippen molar-refractivity contribution >= 4 is 10.9 Å². The Morgan fingerprint density at radius 1 is 1.05 bits per heavy atom. The van der Waals surface area contributed by atoms with Crippen molar-refractivity contribution < 1.29 is 9.84 Å². The van der Waals surface area contributed by atoms with Gasteiger partial charge in [-0.1, -0.05) is 24.3 Å². The lowest BCUT2D eigenvalue weighted by Gasteiger charge is -2.13. The normalized spacial score (nSPS) is 10.7. The lowest BCUT2D eigenvalue weighted by Crippen LogP contribution is -1.91. The lowest BCUT2D eigenvalue weighted by molar-refractivity contribution is 0.416. The molecule has 0 aliphatic rings. The predicted octanol–water partition coefficient (Wildman–Crippen LogP) is 3.92. The molecule has 20 heavy (non-hydrogen) atoms. The number of methoxy groups -OCH3 is 1. The van der Waals surface area contributed by atoms with E-state index < -0.39 is 0 Å². The van der Waals surface area contributed by atoms with Crippen LogP contribution in [0, 0.1) is 6.92 Å². The molecule has 0 unspecified atom stereocenters. The molecule has 100 valence electrons. The van der Waals surface area contributed by atoms with Crippen LogP contribution in [0.1, 0.15) is 5.56 Å². The molecule has 1 N–H and O–H groups in total. The summed E-state index contributed by atoms with van der Waals surface area (Å²) in [4.78, 5) is 4.29. The summed E-state index contributed by atoms with van der Waals surface area (Å²) in [6.07, 6.45) is 1.69. The molecule has 0 atom stereocenters. The number of rotatable bonds is 2. The van der Waals surface area contributed by atoms with E-state index in [1.807, 2.05) is 49.4 Å². The number of aryl methyl sites for hydroxylation is 1. The van der Waals surface area contributed by atoms with Crippen LogP contribution in [0.25, 0.3) is 22.0 Å². The number of benzene rings is 2. The number of pyridine rings is 1. The average Bonchev–Trinajstić information content (AvgIpc) is 2.51. The Labute approximate surface area is 117 Å². The molecule has 1 heterocycles. The molecular weight excluding hydrogens is 250 g/mol. The zero-order valence-electron chi connectivity index (χ0n) is 11.4. The number of phenolic OH excluding ortho intramolecular Hbond substituents is 1. The van der Waals surface area contributed by atoms with Crippen molar-refractivity contribution in [1.29, 1.82) is 0 Å². The van der Waals surface area contributed by atoms with E-state index in [0.717, 1.165) is 27.8 Å². The Kier molecular flexibility index (Phi) is 3.03. The molecule has 0 fully saturated rings. The molecule has 0 amide bonds. The first kappa shape index (κ1) is 12.5. The number of fused-ring (bicyclic) bond motifs is 1. The SMILES string of the molecule is COc1ccccc1-c1cc(C)c(O)c2ncccc12. The highest BCUT2D eigenvalue weighted by Gasteiger charge is 2.13. The first-order chi connectivity index (χ1) is 9.72. The number of aromatic nitrogens is 1. The Morgan fingerprint density at radius 2 is 1.85 bits per heavy atom. The number of aromatic hydroxyl groups is 1. The number of para-hydroxylation sites is 1. The molecule has 0 saturated carbocycles. The monoisotopic (exact) mass is 265 g/mol. The fourth-order valence-electron chi connectivity index (χ4n) is 2.45. The van der Waals surface area contributed by atoms with Gasteiger partial charge in [0.2, 0.25) is 0 Å². The number of hydrogen-bond acceptors (Lipinski definition) is 3. The molecule has 1 aromatic heterocycles. The zero-order chi connectivity index (χ0) is 14.1. The van der Waals surface area contributed by atoms with Crippen molar-refractivity contribution in [2.45, 2.75) is 6.92 Å². The highest BCUT2D eigenvalue weighted by molar-refractivity contribution is 5.99. The second kappa shape index (κ2) is 4.85. The lowest BCUT2D eigenvalue weighted by atomic mass is 9.97. The molecule has 3 rings (SSSR count). The smallest absolute Gasteiger partial charge is 0.144 e. The van der Waals surface area contributed by atoms with E-state index in [9.17, 15) is 5.11 Å². The quantitative estimate of drug-likeness (QED) is 0.763. The van der Waals surface area contributed by atoms with Gasteiger partial charge in [0.15, 0.2) is 0 Å². The van der Waals surface area contributed by atoms with Gasteiger partial charge in [0.1, 0.15) is 17.0 Å². The third-order valence-electron chi connectivity index (χ3n) is 3.45. The fraction of sp³-hybridized carbons (Fsp3) is 0.118. The summed E-state index contributed by atoms with van der Waals surface area (Å²) in [5, 5.41) is 11.1. The van der Waals surface area contributed by atoms with Crippen LogP contribution in [0.15, 0.2) is 48.7 Å². The Bertz CT molecular complexity index is 781. The van der Waals surface area contributed by atoms with E-state index in [1.54, 1.807) is 13.3 Å². The van der Waals surface area contributed by atoms with Gasteiger partial charge in [0.05, 0.1) is 7.11 Å². The predicted molar refractivity (Wildman–Crippen MR) is 80.1 cm³/mol. The average molecular weight is 265 g/mol. The van der Waals surface area contributed by atoms with E-state index in [1.165, 1.54) is 0 Å². The van der Waals surface area contributed by atoms with Gasteiger partial charge in [-0.15, -0.1) is 0 Å². The summed E-state index contributed by atoms with van der Waals surface area (Å²) in [5.41, 5.74) is 3.43. The molecule has 0 aliphatic carbocycles. The van der Waals surface area contributed by atoms with Gasteiger partial charge in [0, 0.05) is 17.1 Å². The van der Waals surface area contributed by atoms with Crippen LogP contribution in [0.4, 0.5) is 0 Å². The van der Waals surface area contributed by atoms with Gasteiger partial charge >= 0.3 is 0 Å². The van der Waals surface area contributed by atoms with E-state index in [2.05, 4.69) is 4.98 Å². The summed E-state index contributed by atoms with van der Waals surface area (Å²) in [6, 6.07) is 13.7. The number of hydrogen-bond donors (Lipinski definition) is 1. The standard InChI is InChI=1S/C17H15NO2/c1-11-10-14(12-6-3-4-8-15(12)20-2)13-7-5-9-18-16(13)17(11)19/h3-10,19H,1-2H3. The minimum absolute atomic E-state index is 0.235. The van der Waals surface area contributed by atoms with Crippen LogP contribution in [0.2, 0.25) is 0 Å². The van der Waals surface area contributed by atoms with Gasteiger partial charge in [0.25, 0.3) is 0 Å². The molecule has 0 bridgehead atoms. The largest absolute Gasteiger partial charge is 0.505 e. The van der Waals surface area contributed by atoms with Crippen LogP contribution in [-0.4, -0.2) is 17.2 Å². The summed E-state index contributed by atoms with van der Waals surface area (Å²) >= 11 is 0. The molecule has 0 aliphatic heterocycles. The maximum Gasteiger partial charge on any atom is 0.144 e. The third kappa shape index (κ3) is 1.88. The topological polar surface area (TPSA) is 42.4 Å². The van der Waals surface area contributed by atoms with Crippen LogP contribution in [-0.2, 0) is 0 Å². The summed E-state index contributed by atoms with van der Waals surface area (Å²) in [6.45, 7) is 1.88. The van der Waals surface area contributed by atoms with Gasteiger partial charge in [-0.05, 0) is 36.2 Å². The molecule has 0 saturated heterocycles. The number of ether oxygens (including phenoxy) is 1. The first-order valence-electron chi connectivity index (χ1n) is 6.43. The second-order valence-electron chi connectivity index (χ2n) is 4.69. The first-order valence-corrected chi connectivity index (χ1v) is 6.43. The van der Waals surface area contributed by atoms with E-state index in [-0.39, 0.29) is 5.75 Å². The van der Waals surface area contributed by atoms with Crippen molar-refractivity contribution in [2.24, 2.45) is 0 Å². The minimum atomic E-state index is 0.235. The summed E-state index contributed by atoms with van der Waals surface area (Å²) < 4.78 is 5.44. The van der Waals surface area contributed by atoms with Gasteiger partial charge in [-0.2, -0.15) is 0 Å². The highest BCUT2D eigenvalue weighted by Crippen LogP contribution is 2.38. The molecular formula is C17H15NO2. The third-order valence-corrected chi connectivity index (χ3v) is 3.45. The Morgan fingerprint density at radius 3 is 2.65 bits per heavy atom. The van der Waals surface area contributed by atoms with Crippen molar-refractivity contribution in [3.63, 3.8) is 0 Å². The maximum atomic E-state index is 10.2. The van der Waals surface area contributed by atoms with E-state index in [0.29, 0.717) is 5.52 Å². The van der Waals surface area contributed by atoms with Gasteiger partial charge < -0.3 is 9.84 Å². The number of nitrogens with zero attached hydrogens (tertiary/aromatic N) is 1.